The second-order valence-corrected chi connectivity index (χ2v) is 3.21. The Morgan fingerprint density at radius 3 is 2.94 bits per heavy atom. The van der Waals surface area contributed by atoms with Crippen LogP contribution in [0.15, 0.2) is 23.3 Å². The third kappa shape index (κ3) is 3.99. The molecule has 7 heteroatoms. The second kappa shape index (κ2) is 6.33. The summed E-state index contributed by atoms with van der Waals surface area (Å²) < 4.78 is 13.0. The molecule has 0 fully saturated rings. The van der Waals surface area contributed by atoms with E-state index < -0.39 is 11.9 Å². The first kappa shape index (κ1) is 12.8. The van der Waals surface area contributed by atoms with Crippen LogP contribution in [0.2, 0.25) is 0 Å². The zero-order valence-corrected chi connectivity index (χ0v) is 8.84. The molecule has 1 rings (SSSR count). The van der Waals surface area contributed by atoms with E-state index in [1.54, 1.807) is 0 Å². The number of rotatable bonds is 5. The van der Waals surface area contributed by atoms with Crippen molar-refractivity contribution in [2.45, 2.75) is 6.04 Å². The molecule has 1 unspecified atom stereocenters. The van der Waals surface area contributed by atoms with E-state index in [9.17, 15) is 9.50 Å². The molecule has 88 valence electrons. The van der Waals surface area contributed by atoms with Gasteiger partial charge < -0.3 is 5.11 Å². The highest BCUT2D eigenvalue weighted by atomic mass is 19.1. The van der Waals surface area contributed by atoms with Crippen LogP contribution in [0.5, 0.6) is 5.75 Å². The molecule has 0 saturated heterocycles. The Labute approximate surface area is 96.9 Å². The van der Waals surface area contributed by atoms with Gasteiger partial charge in [-0.3, -0.25) is 5.32 Å². The summed E-state index contributed by atoms with van der Waals surface area (Å²) in [5.74, 6) is -0.853. The molecule has 0 spiro atoms. The Hall–Kier alpha value is -2.29. The van der Waals surface area contributed by atoms with E-state index in [0.29, 0.717) is 12.1 Å². The van der Waals surface area contributed by atoms with Crippen LogP contribution in [-0.4, -0.2) is 18.2 Å². The van der Waals surface area contributed by atoms with Crippen molar-refractivity contribution in [1.29, 1.82) is 5.26 Å². The van der Waals surface area contributed by atoms with Crippen LogP contribution in [-0.2, 0) is 0 Å². The highest BCUT2D eigenvalue weighted by Crippen LogP contribution is 2.20. The number of hydrogen-bond acceptors (Lipinski definition) is 4. The summed E-state index contributed by atoms with van der Waals surface area (Å²) in [5.41, 5.74) is 8.39. The number of halogens is 1. The summed E-state index contributed by atoms with van der Waals surface area (Å²) in [7, 11) is 0. The zero-order valence-electron chi connectivity index (χ0n) is 8.84. The van der Waals surface area contributed by atoms with Crippen molar-refractivity contribution in [2.24, 2.45) is 5.11 Å². The van der Waals surface area contributed by atoms with Crippen molar-refractivity contribution in [1.82, 2.24) is 5.32 Å². The molecule has 0 radical (unpaired) electrons. The van der Waals surface area contributed by atoms with Crippen LogP contribution in [0.25, 0.3) is 10.4 Å². The van der Waals surface area contributed by atoms with Gasteiger partial charge in [-0.1, -0.05) is 5.11 Å². The average Bonchev–Trinajstić information content (AvgIpc) is 2.28. The molecule has 0 aliphatic heterocycles. The topological polar surface area (TPSA) is 105 Å². The lowest BCUT2D eigenvalue weighted by Gasteiger charge is -2.11. The van der Waals surface area contributed by atoms with E-state index in [1.165, 1.54) is 6.07 Å². The SMILES string of the molecule is N#CC(NCCN=[N+]=[N-])c1cc(O)cc(F)c1. The Morgan fingerprint density at radius 1 is 1.59 bits per heavy atom. The summed E-state index contributed by atoms with van der Waals surface area (Å²) >= 11 is 0. The molecule has 17 heavy (non-hydrogen) atoms. The first-order chi connectivity index (χ1) is 8.17. The molecular formula is C10H10FN5O. The fourth-order valence-corrected chi connectivity index (χ4v) is 1.30. The van der Waals surface area contributed by atoms with Gasteiger partial charge in [-0.25, -0.2) is 4.39 Å². The second-order valence-electron chi connectivity index (χ2n) is 3.21. The van der Waals surface area contributed by atoms with Crippen molar-refractivity contribution in [3.05, 3.63) is 40.0 Å². The molecule has 6 nitrogen and oxygen atoms in total. The van der Waals surface area contributed by atoms with Crippen LogP contribution < -0.4 is 5.32 Å². The van der Waals surface area contributed by atoms with Crippen LogP contribution in [0.4, 0.5) is 4.39 Å². The van der Waals surface area contributed by atoms with Gasteiger partial charge in [0.2, 0.25) is 0 Å². The van der Waals surface area contributed by atoms with Gasteiger partial charge in [-0.2, -0.15) is 5.26 Å². The quantitative estimate of drug-likeness (QED) is 0.353. The highest BCUT2D eigenvalue weighted by molar-refractivity contribution is 5.33. The Morgan fingerprint density at radius 2 is 2.35 bits per heavy atom. The van der Waals surface area contributed by atoms with Gasteiger partial charge in [-0.15, -0.1) is 0 Å². The van der Waals surface area contributed by atoms with E-state index >= 15 is 0 Å². The molecular weight excluding hydrogens is 225 g/mol. The average molecular weight is 235 g/mol. The lowest BCUT2D eigenvalue weighted by Crippen LogP contribution is -2.22. The van der Waals surface area contributed by atoms with Gasteiger partial charge in [0.15, 0.2) is 0 Å². The maximum absolute atomic E-state index is 13.0. The fourth-order valence-electron chi connectivity index (χ4n) is 1.30. The van der Waals surface area contributed by atoms with Crippen LogP contribution >= 0.6 is 0 Å². The number of benzene rings is 1. The number of nitrogens with zero attached hydrogens (tertiary/aromatic N) is 4. The van der Waals surface area contributed by atoms with Crippen LogP contribution in [0, 0.1) is 17.1 Å². The third-order valence-corrected chi connectivity index (χ3v) is 1.99. The number of nitrogens with one attached hydrogen (secondary N) is 1. The van der Waals surface area contributed by atoms with Gasteiger partial charge in [-0.05, 0) is 23.2 Å². The van der Waals surface area contributed by atoms with Gasteiger partial charge in [0.25, 0.3) is 0 Å². The van der Waals surface area contributed by atoms with E-state index in [1.807, 2.05) is 6.07 Å². The zero-order chi connectivity index (χ0) is 12.7. The van der Waals surface area contributed by atoms with Gasteiger partial charge in [0.1, 0.15) is 17.6 Å². The van der Waals surface area contributed by atoms with Gasteiger partial charge >= 0.3 is 0 Å². The summed E-state index contributed by atoms with van der Waals surface area (Å²) in [4.78, 5) is 2.56. The van der Waals surface area contributed by atoms with Crippen molar-refractivity contribution in [3.63, 3.8) is 0 Å². The molecule has 1 atom stereocenters. The predicted octanol–water partition coefficient (Wildman–Crippen LogP) is 2.00. The maximum Gasteiger partial charge on any atom is 0.127 e. The smallest absolute Gasteiger partial charge is 0.127 e. The van der Waals surface area contributed by atoms with Crippen molar-refractivity contribution in [2.75, 3.05) is 13.1 Å². The number of hydrogen-bond donors (Lipinski definition) is 2. The number of phenolic OH excluding ortho intramolecular Hbond substituents is 1. The van der Waals surface area contributed by atoms with Crippen molar-refractivity contribution in [3.8, 4) is 11.8 Å². The Balaban J connectivity index is 2.73. The summed E-state index contributed by atoms with van der Waals surface area (Å²) in [6.07, 6.45) is 0. The normalized spacial score (nSPS) is 11.3. The fraction of sp³-hybridized carbons (Fsp3) is 0.300. The number of phenols is 1. The molecule has 0 amide bonds. The summed E-state index contributed by atoms with van der Waals surface area (Å²) in [6.45, 7) is 0.482. The minimum atomic E-state index is -0.759. The molecule has 0 heterocycles. The lowest BCUT2D eigenvalue weighted by molar-refractivity contribution is 0.466. The first-order valence-electron chi connectivity index (χ1n) is 4.80. The Bertz CT molecular complexity index is 458. The van der Waals surface area contributed by atoms with Crippen molar-refractivity contribution >= 4 is 0 Å². The molecule has 0 aliphatic rings. The number of nitriles is 1. The van der Waals surface area contributed by atoms with Crippen molar-refractivity contribution < 1.29 is 9.50 Å². The largest absolute Gasteiger partial charge is 0.508 e. The minimum Gasteiger partial charge on any atom is -0.508 e. The molecule has 2 N–H and O–H groups in total. The van der Waals surface area contributed by atoms with E-state index in [2.05, 4.69) is 15.3 Å². The molecule has 0 aliphatic carbocycles. The van der Waals surface area contributed by atoms with Crippen LogP contribution in [0.3, 0.4) is 0 Å². The minimum absolute atomic E-state index is 0.190. The van der Waals surface area contributed by atoms with Crippen LogP contribution in [0.1, 0.15) is 11.6 Å². The van der Waals surface area contributed by atoms with E-state index in [-0.39, 0.29) is 12.3 Å². The molecule has 0 bridgehead atoms. The Kier molecular flexibility index (Phi) is 4.76. The van der Waals surface area contributed by atoms with Gasteiger partial charge in [0, 0.05) is 24.1 Å². The van der Waals surface area contributed by atoms with Gasteiger partial charge in [0.05, 0.1) is 6.07 Å². The number of azide groups is 1. The summed E-state index contributed by atoms with van der Waals surface area (Å²) in [6, 6.07) is 4.59. The highest BCUT2D eigenvalue weighted by Gasteiger charge is 2.11. The molecule has 0 aromatic heterocycles. The van der Waals surface area contributed by atoms with E-state index in [0.717, 1.165) is 12.1 Å². The molecule has 0 saturated carbocycles. The summed E-state index contributed by atoms with van der Waals surface area (Å²) in [5, 5.41) is 24.2. The standard InChI is InChI=1S/C10H10FN5O/c11-8-3-7(4-9(17)5-8)10(6-12)14-1-2-15-16-13/h3-5,10,14,17H,1-2H2. The molecule has 1 aromatic rings. The maximum atomic E-state index is 13.0. The third-order valence-electron chi connectivity index (χ3n) is 1.99. The number of aromatic hydroxyl groups is 1. The first-order valence-corrected chi connectivity index (χ1v) is 4.80. The predicted molar refractivity (Wildman–Crippen MR) is 58.4 cm³/mol. The lowest BCUT2D eigenvalue weighted by atomic mass is 10.1. The van der Waals surface area contributed by atoms with E-state index in [4.69, 9.17) is 10.8 Å². The molecule has 1 aromatic carbocycles. The monoisotopic (exact) mass is 235 g/mol.